The molecule has 0 atom stereocenters. The van der Waals surface area contributed by atoms with E-state index in [1.165, 1.54) is 4.52 Å². The summed E-state index contributed by atoms with van der Waals surface area (Å²) in [6.45, 7) is 5.94. The van der Waals surface area contributed by atoms with Crippen molar-refractivity contribution < 1.29 is 5.11 Å². The van der Waals surface area contributed by atoms with Gasteiger partial charge in [-0.3, -0.25) is 0 Å². The second-order valence-electron chi connectivity index (χ2n) is 3.53. The van der Waals surface area contributed by atoms with Gasteiger partial charge in [-0.05, 0) is 6.92 Å². The number of rotatable bonds is 2. The van der Waals surface area contributed by atoms with Crippen LogP contribution >= 0.6 is 11.8 Å². The Bertz CT molecular complexity index is 494. The smallest absolute Gasteiger partial charge is 0.256 e. The topological polar surface area (TPSA) is 63.3 Å². The summed E-state index contributed by atoms with van der Waals surface area (Å²) in [6.07, 6.45) is 0. The summed E-state index contributed by atoms with van der Waals surface area (Å²) in [7, 11) is 0. The predicted octanol–water partition coefficient (Wildman–Crippen LogP) is 1.64. The Hall–Kier alpha value is -1.30. The van der Waals surface area contributed by atoms with E-state index in [0.29, 0.717) is 16.2 Å². The van der Waals surface area contributed by atoms with E-state index in [1.807, 2.05) is 6.92 Å². The molecule has 0 bridgehead atoms. The maximum atomic E-state index is 9.61. The molecule has 6 heteroatoms. The van der Waals surface area contributed by atoms with E-state index in [-0.39, 0.29) is 5.88 Å². The van der Waals surface area contributed by atoms with E-state index in [9.17, 15) is 5.11 Å². The first kappa shape index (κ1) is 10.2. The number of aromatic nitrogens is 4. The van der Waals surface area contributed by atoms with Gasteiger partial charge in [-0.1, -0.05) is 25.6 Å². The zero-order valence-corrected chi connectivity index (χ0v) is 9.62. The van der Waals surface area contributed by atoms with E-state index >= 15 is 0 Å². The molecule has 2 aromatic heterocycles. The van der Waals surface area contributed by atoms with Crippen molar-refractivity contribution in [1.29, 1.82) is 0 Å². The van der Waals surface area contributed by atoms with Crippen molar-refractivity contribution in [3.8, 4) is 5.88 Å². The summed E-state index contributed by atoms with van der Waals surface area (Å²) in [5.74, 6) is 0.510. The van der Waals surface area contributed by atoms with Gasteiger partial charge in [0.05, 0.1) is 0 Å². The fourth-order valence-electron chi connectivity index (χ4n) is 1.21. The number of hydrogen-bond acceptors (Lipinski definition) is 5. The van der Waals surface area contributed by atoms with Crippen LogP contribution in [0.3, 0.4) is 0 Å². The number of nitrogens with zero attached hydrogens (tertiary/aromatic N) is 4. The Morgan fingerprint density at radius 3 is 2.80 bits per heavy atom. The molecule has 2 heterocycles. The summed E-state index contributed by atoms with van der Waals surface area (Å²) < 4.78 is 1.34. The van der Waals surface area contributed by atoms with Gasteiger partial charge in [0, 0.05) is 17.0 Å². The molecule has 0 aliphatic rings. The highest BCUT2D eigenvalue weighted by atomic mass is 32.2. The first-order valence-electron chi connectivity index (χ1n) is 4.66. The molecule has 0 spiro atoms. The zero-order chi connectivity index (χ0) is 11.0. The minimum absolute atomic E-state index is 0.0700. The normalized spacial score (nSPS) is 11.5. The van der Waals surface area contributed by atoms with Crippen LogP contribution in [0.1, 0.15) is 19.5 Å². The van der Waals surface area contributed by atoms with E-state index in [1.54, 1.807) is 17.8 Å². The fourth-order valence-corrected chi connectivity index (χ4v) is 1.90. The van der Waals surface area contributed by atoms with Gasteiger partial charge in [-0.2, -0.15) is 9.50 Å². The van der Waals surface area contributed by atoms with Crippen LogP contribution in [0.2, 0.25) is 0 Å². The standard InChI is InChI=1S/C9H12N4OS/c1-5(2)15-9-11-8-10-6(3)4-7(14)13(8)12-9/h4-5,14H,1-3H3. The van der Waals surface area contributed by atoms with Crippen molar-refractivity contribution in [3.63, 3.8) is 0 Å². The SMILES string of the molecule is Cc1cc(O)n2nc(SC(C)C)nc2n1. The third kappa shape index (κ3) is 2.04. The Kier molecular flexibility index (Phi) is 2.52. The van der Waals surface area contributed by atoms with Crippen molar-refractivity contribution in [1.82, 2.24) is 19.6 Å². The maximum absolute atomic E-state index is 9.61. The average Bonchev–Trinajstić information content (AvgIpc) is 2.45. The van der Waals surface area contributed by atoms with Crippen LogP contribution in [0.4, 0.5) is 0 Å². The Balaban J connectivity index is 2.50. The lowest BCUT2D eigenvalue weighted by atomic mass is 10.4. The van der Waals surface area contributed by atoms with Crippen LogP contribution in [0, 0.1) is 6.92 Å². The van der Waals surface area contributed by atoms with Gasteiger partial charge in [-0.25, -0.2) is 4.98 Å². The highest BCUT2D eigenvalue weighted by molar-refractivity contribution is 7.99. The molecule has 0 saturated carbocycles. The van der Waals surface area contributed by atoms with Crippen LogP contribution in [-0.4, -0.2) is 29.9 Å². The molecule has 0 aliphatic heterocycles. The largest absolute Gasteiger partial charge is 0.493 e. The fraction of sp³-hybridized carbons (Fsp3) is 0.444. The summed E-state index contributed by atoms with van der Waals surface area (Å²) in [6, 6.07) is 1.56. The Morgan fingerprint density at radius 1 is 1.40 bits per heavy atom. The van der Waals surface area contributed by atoms with Crippen LogP contribution in [0.15, 0.2) is 11.2 Å². The lowest BCUT2D eigenvalue weighted by Gasteiger charge is -1.97. The van der Waals surface area contributed by atoms with Gasteiger partial charge < -0.3 is 5.11 Å². The molecule has 0 fully saturated rings. The maximum Gasteiger partial charge on any atom is 0.256 e. The van der Waals surface area contributed by atoms with Crippen molar-refractivity contribution in [2.24, 2.45) is 0 Å². The van der Waals surface area contributed by atoms with Crippen molar-refractivity contribution >= 4 is 17.5 Å². The summed E-state index contributed by atoms with van der Waals surface area (Å²) in [5.41, 5.74) is 0.730. The van der Waals surface area contributed by atoms with Crippen LogP contribution in [-0.2, 0) is 0 Å². The summed E-state index contributed by atoms with van der Waals surface area (Å²) in [5, 5.41) is 14.8. The van der Waals surface area contributed by atoms with E-state index < -0.39 is 0 Å². The summed E-state index contributed by atoms with van der Waals surface area (Å²) in [4.78, 5) is 8.40. The van der Waals surface area contributed by atoms with Gasteiger partial charge in [0.1, 0.15) is 0 Å². The predicted molar refractivity (Wildman–Crippen MR) is 58.2 cm³/mol. The highest BCUT2D eigenvalue weighted by Gasteiger charge is 2.10. The Morgan fingerprint density at radius 2 is 2.13 bits per heavy atom. The quantitative estimate of drug-likeness (QED) is 0.786. The summed E-state index contributed by atoms with van der Waals surface area (Å²) >= 11 is 1.54. The second-order valence-corrected chi connectivity index (χ2v) is 5.07. The van der Waals surface area contributed by atoms with E-state index in [0.717, 1.165) is 5.69 Å². The molecule has 0 aromatic carbocycles. The number of aryl methyl sites for hydroxylation is 1. The number of thioether (sulfide) groups is 1. The van der Waals surface area contributed by atoms with Crippen LogP contribution in [0.25, 0.3) is 5.78 Å². The molecule has 1 N–H and O–H groups in total. The van der Waals surface area contributed by atoms with Crippen molar-refractivity contribution in [2.75, 3.05) is 0 Å². The van der Waals surface area contributed by atoms with Gasteiger partial charge in [-0.15, -0.1) is 5.10 Å². The molecule has 2 rings (SSSR count). The monoisotopic (exact) mass is 224 g/mol. The Labute approximate surface area is 91.6 Å². The molecule has 0 saturated heterocycles. The van der Waals surface area contributed by atoms with Crippen molar-refractivity contribution in [2.45, 2.75) is 31.2 Å². The molecule has 2 aromatic rings. The minimum Gasteiger partial charge on any atom is -0.493 e. The van der Waals surface area contributed by atoms with Crippen molar-refractivity contribution in [3.05, 3.63) is 11.8 Å². The lowest BCUT2D eigenvalue weighted by molar-refractivity contribution is 0.433. The molecule has 0 aliphatic carbocycles. The number of aromatic hydroxyl groups is 1. The zero-order valence-electron chi connectivity index (χ0n) is 8.80. The first-order chi connectivity index (χ1) is 7.06. The second kappa shape index (κ2) is 3.69. The molecule has 80 valence electrons. The number of hydrogen-bond donors (Lipinski definition) is 1. The molecule has 5 nitrogen and oxygen atoms in total. The molecule has 0 unspecified atom stereocenters. The highest BCUT2D eigenvalue weighted by Crippen LogP contribution is 2.21. The molecule has 0 radical (unpaired) electrons. The molecular formula is C9H12N4OS. The number of fused-ring (bicyclic) bond motifs is 1. The van der Waals surface area contributed by atoms with Gasteiger partial charge in [0.15, 0.2) is 0 Å². The average molecular weight is 224 g/mol. The van der Waals surface area contributed by atoms with Gasteiger partial charge in [0.25, 0.3) is 5.78 Å². The van der Waals surface area contributed by atoms with Crippen LogP contribution in [0.5, 0.6) is 5.88 Å². The molecule has 0 amide bonds. The molecule has 15 heavy (non-hydrogen) atoms. The lowest BCUT2D eigenvalue weighted by Crippen LogP contribution is -1.93. The van der Waals surface area contributed by atoms with Gasteiger partial charge >= 0.3 is 0 Å². The van der Waals surface area contributed by atoms with Gasteiger partial charge in [0.2, 0.25) is 11.0 Å². The third-order valence-electron chi connectivity index (χ3n) is 1.74. The molecular weight excluding hydrogens is 212 g/mol. The first-order valence-corrected chi connectivity index (χ1v) is 5.54. The van der Waals surface area contributed by atoms with Crippen LogP contribution < -0.4 is 0 Å². The van der Waals surface area contributed by atoms with E-state index in [2.05, 4.69) is 28.9 Å². The van der Waals surface area contributed by atoms with E-state index in [4.69, 9.17) is 0 Å². The minimum atomic E-state index is 0.0700. The third-order valence-corrected chi connectivity index (χ3v) is 2.60.